The first-order chi connectivity index (χ1) is 19.3. The van der Waals surface area contributed by atoms with E-state index in [4.69, 9.17) is 9.72 Å². The predicted octanol–water partition coefficient (Wildman–Crippen LogP) is 7.42. The third-order valence-corrected chi connectivity index (χ3v) is 8.43. The van der Waals surface area contributed by atoms with Gasteiger partial charge in [0.25, 0.3) is 0 Å². The maximum absolute atomic E-state index is 13.7. The number of carbonyl (C=O) groups excluding carboxylic acids is 1. The van der Waals surface area contributed by atoms with Crippen LogP contribution in [0.4, 0.5) is 5.95 Å². The molecule has 5 nitrogen and oxygen atoms in total. The third-order valence-electron chi connectivity index (χ3n) is 6.79. The maximum atomic E-state index is 13.7. The zero-order valence-electron chi connectivity index (χ0n) is 23.4. The number of para-hydroxylation sites is 2. The molecule has 0 fully saturated rings. The van der Waals surface area contributed by atoms with Gasteiger partial charge in [-0.3, -0.25) is 0 Å². The van der Waals surface area contributed by atoms with Gasteiger partial charge in [-0.25, -0.2) is 9.78 Å². The minimum atomic E-state index is -0.643. The zero-order chi connectivity index (χ0) is 28.2. The van der Waals surface area contributed by atoms with E-state index in [1.807, 2.05) is 74.9 Å². The van der Waals surface area contributed by atoms with Crippen molar-refractivity contribution in [2.24, 2.45) is 7.05 Å². The summed E-state index contributed by atoms with van der Waals surface area (Å²) < 4.78 is 7.34. The monoisotopic (exact) mass is 549 g/mol. The van der Waals surface area contributed by atoms with E-state index in [9.17, 15) is 4.79 Å². The summed E-state index contributed by atoms with van der Waals surface area (Å²) in [5, 5.41) is 3.44. The average molecular weight is 550 g/mol. The maximum Gasteiger partial charge on any atom is 0.330 e. The van der Waals surface area contributed by atoms with Crippen LogP contribution in [0.1, 0.15) is 37.5 Å². The molecule has 0 saturated heterocycles. The molecule has 1 atom stereocenters. The first kappa shape index (κ1) is 27.5. The summed E-state index contributed by atoms with van der Waals surface area (Å²) >= 11 is 1.72. The smallest absolute Gasteiger partial charge is 0.330 e. The number of aryl methyl sites for hydroxylation is 1. The number of aromatic nitrogens is 2. The van der Waals surface area contributed by atoms with Gasteiger partial charge in [-0.2, -0.15) is 0 Å². The number of ether oxygens (including phenoxy) is 1. The number of hydrogen-bond donors (Lipinski definition) is 1. The van der Waals surface area contributed by atoms with Crippen molar-refractivity contribution in [3.05, 3.63) is 132 Å². The topological polar surface area (TPSA) is 56.2 Å². The molecule has 1 heterocycles. The van der Waals surface area contributed by atoms with E-state index in [1.165, 1.54) is 0 Å². The molecular formula is C34H35N3O2S. The normalized spacial score (nSPS) is 12.7. The number of carbonyl (C=O) groups is 1. The fourth-order valence-electron chi connectivity index (χ4n) is 4.95. The molecule has 0 aliphatic carbocycles. The summed E-state index contributed by atoms with van der Waals surface area (Å²) in [6.07, 6.45) is 0. The number of imidazole rings is 1. The molecule has 40 heavy (non-hydrogen) atoms. The Hall–Kier alpha value is -4.03. The number of thioether (sulfide) groups is 1. The number of fused-ring (bicyclic) bond motifs is 1. The Morgan fingerprint density at radius 1 is 0.800 bits per heavy atom. The number of nitrogens with zero attached hydrogens (tertiary/aromatic N) is 2. The van der Waals surface area contributed by atoms with Crippen LogP contribution in [0.3, 0.4) is 0 Å². The van der Waals surface area contributed by atoms with Gasteiger partial charge in [0.2, 0.25) is 5.95 Å². The van der Waals surface area contributed by atoms with Crippen LogP contribution in [0, 0.1) is 0 Å². The molecule has 0 saturated carbocycles. The molecule has 204 valence electrons. The van der Waals surface area contributed by atoms with Crippen molar-refractivity contribution in [1.82, 2.24) is 9.55 Å². The lowest BCUT2D eigenvalue weighted by Crippen LogP contribution is -2.40. The number of esters is 1. The van der Waals surface area contributed by atoms with Crippen LogP contribution in [0.25, 0.3) is 11.0 Å². The van der Waals surface area contributed by atoms with Gasteiger partial charge in [-0.05, 0) is 49.6 Å². The number of anilines is 1. The van der Waals surface area contributed by atoms with Gasteiger partial charge in [-0.15, -0.1) is 11.8 Å². The fraction of sp³-hybridized carbons (Fsp3) is 0.235. The second-order valence-electron chi connectivity index (χ2n) is 10.8. The molecule has 6 heteroatoms. The second-order valence-corrected chi connectivity index (χ2v) is 12.0. The van der Waals surface area contributed by atoms with Gasteiger partial charge >= 0.3 is 5.97 Å². The zero-order valence-corrected chi connectivity index (χ0v) is 24.2. The lowest BCUT2D eigenvalue weighted by molar-refractivity contribution is -0.155. The van der Waals surface area contributed by atoms with Crippen LogP contribution < -0.4 is 5.32 Å². The molecule has 0 bridgehead atoms. The van der Waals surface area contributed by atoms with E-state index in [2.05, 4.69) is 78.1 Å². The molecule has 1 N–H and O–H groups in total. The Morgan fingerprint density at radius 2 is 1.27 bits per heavy atom. The molecule has 0 amide bonds. The Bertz CT molecular complexity index is 1460. The van der Waals surface area contributed by atoms with Crippen molar-refractivity contribution in [2.45, 2.75) is 37.2 Å². The minimum absolute atomic E-state index is 0.310. The number of hydrogen-bond acceptors (Lipinski definition) is 5. The van der Waals surface area contributed by atoms with Gasteiger partial charge < -0.3 is 14.6 Å². The minimum Gasteiger partial charge on any atom is -0.458 e. The standard InChI is InChI=1S/C34H35N3O2S/c1-33(2,3)39-31(38)29(36-32-35-28-22-14-15-23-30(28)37(32)4)24-40-34(25-16-8-5-9-17-25,26-18-10-6-11-19-26)27-20-12-7-13-21-27/h5-23,29H,24H2,1-4H3,(H,35,36)/t29-/m0/s1. The van der Waals surface area contributed by atoms with Crippen molar-refractivity contribution in [2.75, 3.05) is 11.1 Å². The van der Waals surface area contributed by atoms with Gasteiger partial charge in [0.15, 0.2) is 0 Å². The lowest BCUT2D eigenvalue weighted by Gasteiger charge is -2.36. The molecule has 5 aromatic rings. The molecule has 0 aliphatic heterocycles. The van der Waals surface area contributed by atoms with Crippen molar-refractivity contribution in [3.63, 3.8) is 0 Å². The molecule has 0 aliphatic rings. The fourth-order valence-corrected chi connectivity index (χ4v) is 6.49. The van der Waals surface area contributed by atoms with Crippen LogP contribution in [-0.4, -0.2) is 32.9 Å². The van der Waals surface area contributed by atoms with Crippen LogP contribution in [0.5, 0.6) is 0 Å². The average Bonchev–Trinajstić information content (AvgIpc) is 3.28. The Balaban J connectivity index is 1.58. The lowest BCUT2D eigenvalue weighted by atomic mass is 9.84. The highest BCUT2D eigenvalue weighted by atomic mass is 32.2. The Kier molecular flexibility index (Phi) is 7.99. The number of benzene rings is 4. The first-order valence-electron chi connectivity index (χ1n) is 13.5. The predicted molar refractivity (Wildman–Crippen MR) is 166 cm³/mol. The Labute approximate surface area is 240 Å². The highest BCUT2D eigenvalue weighted by molar-refractivity contribution is 8.00. The summed E-state index contributed by atoms with van der Waals surface area (Å²) in [6, 6.07) is 38.8. The van der Waals surface area contributed by atoms with Crippen LogP contribution in [-0.2, 0) is 21.3 Å². The van der Waals surface area contributed by atoms with Crippen molar-refractivity contribution in [1.29, 1.82) is 0 Å². The first-order valence-corrected chi connectivity index (χ1v) is 14.5. The summed E-state index contributed by atoms with van der Waals surface area (Å²) in [7, 11) is 1.96. The van der Waals surface area contributed by atoms with Crippen molar-refractivity contribution < 1.29 is 9.53 Å². The molecule has 4 aromatic carbocycles. The molecule has 5 rings (SSSR count). The van der Waals surface area contributed by atoms with Gasteiger partial charge in [0.1, 0.15) is 11.6 Å². The molecule has 0 radical (unpaired) electrons. The molecular weight excluding hydrogens is 514 g/mol. The van der Waals surface area contributed by atoms with E-state index in [1.54, 1.807) is 11.8 Å². The van der Waals surface area contributed by atoms with E-state index >= 15 is 0 Å². The summed E-state index contributed by atoms with van der Waals surface area (Å²) in [4.78, 5) is 18.5. The summed E-state index contributed by atoms with van der Waals surface area (Å²) in [5.41, 5.74) is 4.67. The Morgan fingerprint density at radius 3 is 1.75 bits per heavy atom. The highest BCUT2D eigenvalue weighted by Gasteiger charge is 2.39. The highest BCUT2D eigenvalue weighted by Crippen LogP contribution is 2.48. The van der Waals surface area contributed by atoms with E-state index in [0.717, 1.165) is 27.7 Å². The SMILES string of the molecule is Cn1c(N[C@@H](CSC(c2ccccc2)(c2ccccc2)c2ccccc2)C(=O)OC(C)(C)C)nc2ccccc21. The largest absolute Gasteiger partial charge is 0.458 e. The number of nitrogens with one attached hydrogen (secondary N) is 1. The number of rotatable bonds is 9. The summed E-state index contributed by atoms with van der Waals surface area (Å²) in [5.74, 6) is 0.758. The summed E-state index contributed by atoms with van der Waals surface area (Å²) in [6.45, 7) is 5.69. The molecule has 0 spiro atoms. The van der Waals surface area contributed by atoms with E-state index in [-0.39, 0.29) is 5.97 Å². The van der Waals surface area contributed by atoms with Crippen LogP contribution >= 0.6 is 11.8 Å². The second kappa shape index (κ2) is 11.6. The van der Waals surface area contributed by atoms with Gasteiger partial charge in [0.05, 0.1) is 15.8 Å². The van der Waals surface area contributed by atoms with E-state index < -0.39 is 16.4 Å². The van der Waals surface area contributed by atoms with E-state index in [0.29, 0.717) is 11.7 Å². The quantitative estimate of drug-likeness (QED) is 0.153. The van der Waals surface area contributed by atoms with Crippen molar-refractivity contribution in [3.8, 4) is 0 Å². The van der Waals surface area contributed by atoms with Crippen molar-refractivity contribution >= 4 is 34.7 Å². The van der Waals surface area contributed by atoms with Gasteiger partial charge in [0, 0.05) is 12.8 Å². The molecule has 1 aromatic heterocycles. The van der Waals surface area contributed by atoms with Crippen LogP contribution in [0.15, 0.2) is 115 Å². The third kappa shape index (κ3) is 5.77. The van der Waals surface area contributed by atoms with Gasteiger partial charge in [-0.1, -0.05) is 103 Å². The van der Waals surface area contributed by atoms with Crippen LogP contribution in [0.2, 0.25) is 0 Å². The molecule has 0 unspecified atom stereocenters.